The number of sulfonamides is 1. The van der Waals surface area contributed by atoms with Gasteiger partial charge in [-0.05, 0) is 57.0 Å². The van der Waals surface area contributed by atoms with Crippen molar-refractivity contribution >= 4 is 26.5 Å². The fraction of sp³-hybridized carbons (Fsp3) is 0.348. The molecule has 1 aliphatic rings. The predicted molar refractivity (Wildman–Crippen MR) is 119 cm³/mol. The molecule has 0 fully saturated rings. The first-order valence-electron chi connectivity index (χ1n) is 10.4. The van der Waals surface area contributed by atoms with Gasteiger partial charge >= 0.3 is 0 Å². The monoisotopic (exact) mass is 443 g/mol. The molecule has 2 aromatic heterocycles. The average Bonchev–Trinajstić information content (AvgIpc) is 3.14. The molecule has 0 bridgehead atoms. The molecule has 31 heavy (non-hydrogen) atoms. The van der Waals surface area contributed by atoms with Crippen molar-refractivity contribution in [3.8, 4) is 5.75 Å². The third-order valence-electron chi connectivity index (χ3n) is 5.45. The number of aromatic nitrogens is 2. The van der Waals surface area contributed by atoms with Gasteiger partial charge < -0.3 is 9.30 Å². The number of hydrogen-bond donors (Lipinski definition) is 0. The Morgan fingerprint density at radius 3 is 2.71 bits per heavy atom. The van der Waals surface area contributed by atoms with E-state index in [0.717, 1.165) is 34.7 Å². The standard InChI is InChI=1S/C23H26FN3O3S/c1-4-26-15-20(19-7-10-25-14-22(19)26)17-8-11-27(12-9-17)31(28,29)18-5-6-23(21(24)13-18)30-16(2)3/h5-8,10,13-16H,4,9,11-12H2,1-3H3. The smallest absolute Gasteiger partial charge is 0.243 e. The summed E-state index contributed by atoms with van der Waals surface area (Å²) in [5.74, 6) is -0.624. The summed E-state index contributed by atoms with van der Waals surface area (Å²) in [4.78, 5) is 4.16. The van der Waals surface area contributed by atoms with Crippen molar-refractivity contribution in [2.75, 3.05) is 13.1 Å². The van der Waals surface area contributed by atoms with Gasteiger partial charge in [0.25, 0.3) is 0 Å². The van der Waals surface area contributed by atoms with Crippen LogP contribution in [0, 0.1) is 5.82 Å². The largest absolute Gasteiger partial charge is 0.488 e. The number of aryl methyl sites for hydroxylation is 1. The number of fused-ring (bicyclic) bond motifs is 1. The van der Waals surface area contributed by atoms with Crippen LogP contribution in [-0.4, -0.2) is 41.5 Å². The number of benzene rings is 1. The first kappa shape index (κ1) is 21.5. The topological polar surface area (TPSA) is 64.4 Å². The first-order valence-corrected chi connectivity index (χ1v) is 11.8. The minimum atomic E-state index is -3.80. The van der Waals surface area contributed by atoms with E-state index in [2.05, 4.69) is 22.7 Å². The molecule has 0 spiro atoms. The van der Waals surface area contributed by atoms with E-state index in [1.54, 1.807) is 20.0 Å². The fourth-order valence-electron chi connectivity index (χ4n) is 3.91. The highest BCUT2D eigenvalue weighted by Crippen LogP contribution is 2.32. The van der Waals surface area contributed by atoms with Crippen LogP contribution >= 0.6 is 0 Å². The van der Waals surface area contributed by atoms with Gasteiger partial charge in [0.2, 0.25) is 10.0 Å². The first-order chi connectivity index (χ1) is 14.8. The SMILES string of the molecule is CCn1cc(C2=CCN(S(=O)(=O)c3ccc(OC(C)C)c(F)c3)CC2)c2ccncc21. The molecule has 1 aromatic carbocycles. The van der Waals surface area contributed by atoms with E-state index in [1.807, 2.05) is 18.3 Å². The Bertz CT molecular complexity index is 1250. The zero-order valence-corrected chi connectivity index (χ0v) is 18.7. The van der Waals surface area contributed by atoms with E-state index in [-0.39, 0.29) is 23.3 Å². The number of nitrogens with zero attached hydrogens (tertiary/aromatic N) is 3. The van der Waals surface area contributed by atoms with Gasteiger partial charge in [-0.15, -0.1) is 0 Å². The van der Waals surface area contributed by atoms with Crippen LogP contribution in [0.1, 0.15) is 32.8 Å². The van der Waals surface area contributed by atoms with Crippen molar-refractivity contribution in [3.63, 3.8) is 0 Å². The molecule has 1 aliphatic heterocycles. The molecule has 8 heteroatoms. The maximum Gasteiger partial charge on any atom is 0.243 e. The highest BCUT2D eigenvalue weighted by molar-refractivity contribution is 7.89. The van der Waals surface area contributed by atoms with Crippen molar-refractivity contribution in [2.24, 2.45) is 0 Å². The minimum absolute atomic E-state index is 0.0524. The molecule has 4 rings (SSSR count). The van der Waals surface area contributed by atoms with Crippen LogP contribution in [-0.2, 0) is 16.6 Å². The van der Waals surface area contributed by atoms with E-state index in [0.29, 0.717) is 13.0 Å². The van der Waals surface area contributed by atoms with Crippen LogP contribution in [0.15, 0.2) is 53.8 Å². The quantitative estimate of drug-likeness (QED) is 0.564. The van der Waals surface area contributed by atoms with Crippen LogP contribution < -0.4 is 4.74 Å². The van der Waals surface area contributed by atoms with Crippen LogP contribution in [0.5, 0.6) is 5.75 Å². The fourth-order valence-corrected chi connectivity index (χ4v) is 5.30. The van der Waals surface area contributed by atoms with Gasteiger partial charge in [0.05, 0.1) is 22.7 Å². The lowest BCUT2D eigenvalue weighted by Crippen LogP contribution is -2.34. The second-order valence-electron chi connectivity index (χ2n) is 7.82. The van der Waals surface area contributed by atoms with E-state index in [1.165, 1.54) is 16.4 Å². The second-order valence-corrected chi connectivity index (χ2v) is 9.76. The maximum atomic E-state index is 14.3. The van der Waals surface area contributed by atoms with Crippen molar-refractivity contribution < 1.29 is 17.5 Å². The summed E-state index contributed by atoms with van der Waals surface area (Å²) in [6, 6.07) is 5.80. The Labute approximate surface area is 182 Å². The summed E-state index contributed by atoms with van der Waals surface area (Å²) in [6.07, 6.45) is 8.06. The van der Waals surface area contributed by atoms with Gasteiger partial charge in [0.15, 0.2) is 11.6 Å². The van der Waals surface area contributed by atoms with E-state index >= 15 is 0 Å². The lowest BCUT2D eigenvalue weighted by Gasteiger charge is -2.26. The molecular weight excluding hydrogens is 417 g/mol. The van der Waals surface area contributed by atoms with E-state index < -0.39 is 15.8 Å². The Hall–Kier alpha value is -2.71. The summed E-state index contributed by atoms with van der Waals surface area (Å²) in [5.41, 5.74) is 3.29. The Morgan fingerprint density at radius 1 is 1.26 bits per heavy atom. The number of rotatable bonds is 6. The van der Waals surface area contributed by atoms with Gasteiger partial charge in [0.1, 0.15) is 0 Å². The van der Waals surface area contributed by atoms with Gasteiger partial charge in [-0.2, -0.15) is 4.31 Å². The van der Waals surface area contributed by atoms with Crippen LogP contribution in [0.3, 0.4) is 0 Å². The zero-order chi connectivity index (χ0) is 22.2. The minimum Gasteiger partial charge on any atom is -0.488 e. The lowest BCUT2D eigenvalue weighted by molar-refractivity contribution is 0.231. The van der Waals surface area contributed by atoms with E-state index in [9.17, 15) is 12.8 Å². The number of halogens is 1. The molecular formula is C23H26FN3O3S. The highest BCUT2D eigenvalue weighted by Gasteiger charge is 2.28. The third-order valence-corrected chi connectivity index (χ3v) is 7.31. The number of ether oxygens (including phenoxy) is 1. The molecule has 0 unspecified atom stereocenters. The average molecular weight is 444 g/mol. The van der Waals surface area contributed by atoms with Crippen molar-refractivity contribution in [3.05, 3.63) is 60.3 Å². The summed E-state index contributed by atoms with van der Waals surface area (Å²) in [6.45, 7) is 7.07. The van der Waals surface area contributed by atoms with Crippen LogP contribution in [0.4, 0.5) is 4.39 Å². The van der Waals surface area contributed by atoms with Crippen molar-refractivity contribution in [2.45, 2.75) is 44.7 Å². The molecule has 0 amide bonds. The summed E-state index contributed by atoms with van der Waals surface area (Å²) in [5, 5.41) is 1.11. The molecule has 3 aromatic rings. The molecule has 164 valence electrons. The predicted octanol–water partition coefficient (Wildman–Crippen LogP) is 4.46. The van der Waals surface area contributed by atoms with Gasteiger partial charge in [-0.1, -0.05) is 6.08 Å². The Balaban J connectivity index is 1.59. The Morgan fingerprint density at radius 2 is 2.06 bits per heavy atom. The number of pyridine rings is 1. The molecule has 0 saturated heterocycles. The summed E-state index contributed by atoms with van der Waals surface area (Å²) < 4.78 is 49.4. The van der Waals surface area contributed by atoms with E-state index in [4.69, 9.17) is 4.74 Å². The normalized spacial score (nSPS) is 15.5. The number of hydrogen-bond acceptors (Lipinski definition) is 4. The molecule has 0 radical (unpaired) electrons. The molecule has 3 heterocycles. The molecule has 0 atom stereocenters. The summed E-state index contributed by atoms with van der Waals surface area (Å²) in [7, 11) is -3.80. The second kappa shape index (κ2) is 8.43. The van der Waals surface area contributed by atoms with Gasteiger partial charge in [-0.3, -0.25) is 4.98 Å². The van der Waals surface area contributed by atoms with Gasteiger partial charge in [0, 0.05) is 43.0 Å². The maximum absolute atomic E-state index is 14.3. The third kappa shape index (κ3) is 4.09. The van der Waals surface area contributed by atoms with Crippen molar-refractivity contribution in [1.29, 1.82) is 0 Å². The van der Waals surface area contributed by atoms with Crippen molar-refractivity contribution in [1.82, 2.24) is 13.9 Å². The van der Waals surface area contributed by atoms with Gasteiger partial charge in [-0.25, -0.2) is 12.8 Å². The Kier molecular flexibility index (Phi) is 5.85. The molecule has 0 N–H and O–H groups in total. The van der Waals surface area contributed by atoms with Crippen LogP contribution in [0.25, 0.3) is 16.5 Å². The molecule has 6 nitrogen and oxygen atoms in total. The highest BCUT2D eigenvalue weighted by atomic mass is 32.2. The zero-order valence-electron chi connectivity index (χ0n) is 17.9. The lowest BCUT2D eigenvalue weighted by atomic mass is 10.0. The molecule has 0 saturated carbocycles. The molecule has 0 aliphatic carbocycles. The van der Waals surface area contributed by atoms with Crippen LogP contribution in [0.2, 0.25) is 0 Å². The summed E-state index contributed by atoms with van der Waals surface area (Å²) >= 11 is 0.